The van der Waals surface area contributed by atoms with E-state index in [1.165, 1.54) is 6.08 Å². The smallest absolute Gasteiger partial charge is 0.416 e. The lowest BCUT2D eigenvalue weighted by atomic mass is 10.0. The molecule has 0 radical (unpaired) electrons. The molecule has 2 N–H and O–H groups in total. The van der Waals surface area contributed by atoms with Crippen LogP contribution in [0.3, 0.4) is 0 Å². The molecular formula is C26H26F6N2O3. The first-order valence-electron chi connectivity index (χ1n) is 11.4. The summed E-state index contributed by atoms with van der Waals surface area (Å²) in [6.45, 7) is 5.25. The van der Waals surface area contributed by atoms with Crippen molar-refractivity contribution in [3.8, 4) is 0 Å². The molecule has 2 unspecified atom stereocenters. The molecule has 200 valence electrons. The van der Waals surface area contributed by atoms with E-state index in [9.17, 15) is 35.9 Å². The molecule has 0 aromatic heterocycles. The van der Waals surface area contributed by atoms with E-state index in [0.29, 0.717) is 30.5 Å². The number of fused-ring (bicyclic) bond motifs is 1. The average molecular weight is 528 g/mol. The Morgan fingerprint density at radius 2 is 1.73 bits per heavy atom. The number of ether oxygens (including phenoxy) is 1. The highest BCUT2D eigenvalue weighted by atomic mass is 19.4. The molecular weight excluding hydrogens is 502 g/mol. The van der Waals surface area contributed by atoms with Gasteiger partial charge in [0, 0.05) is 6.08 Å². The largest absolute Gasteiger partial charge is 0.444 e. The summed E-state index contributed by atoms with van der Waals surface area (Å²) in [5.74, 6) is -1.12. The molecule has 0 saturated heterocycles. The van der Waals surface area contributed by atoms with Gasteiger partial charge in [-0.15, -0.1) is 0 Å². The third-order valence-electron chi connectivity index (χ3n) is 5.52. The number of rotatable bonds is 5. The van der Waals surface area contributed by atoms with Crippen LogP contribution in [-0.2, 0) is 22.1 Å². The van der Waals surface area contributed by atoms with Gasteiger partial charge in [0.1, 0.15) is 5.60 Å². The van der Waals surface area contributed by atoms with E-state index >= 15 is 0 Å². The zero-order chi connectivity index (χ0) is 27.6. The molecule has 11 heteroatoms. The highest BCUT2D eigenvalue weighted by Crippen LogP contribution is 2.36. The van der Waals surface area contributed by atoms with Crippen LogP contribution in [0.5, 0.6) is 0 Å². The summed E-state index contributed by atoms with van der Waals surface area (Å²) < 4.78 is 84.8. The van der Waals surface area contributed by atoms with Gasteiger partial charge in [-0.2, -0.15) is 26.3 Å². The summed E-state index contributed by atoms with van der Waals surface area (Å²) in [6, 6.07) is 5.02. The normalized spacial score (nSPS) is 16.8. The number of aryl methyl sites for hydroxylation is 1. The second-order valence-corrected chi connectivity index (χ2v) is 9.64. The number of alkyl carbamates (subject to hydrolysis) is 1. The Balaban J connectivity index is 1.70. The third-order valence-corrected chi connectivity index (χ3v) is 5.52. The number of halogens is 6. The highest BCUT2D eigenvalue weighted by molar-refractivity contribution is 5.92. The maximum absolute atomic E-state index is 13.6. The van der Waals surface area contributed by atoms with Crippen molar-refractivity contribution >= 4 is 18.1 Å². The summed E-state index contributed by atoms with van der Waals surface area (Å²) in [5, 5.41) is 4.55. The predicted molar refractivity (Wildman–Crippen MR) is 124 cm³/mol. The van der Waals surface area contributed by atoms with Crippen molar-refractivity contribution in [2.75, 3.05) is 0 Å². The predicted octanol–water partition coefficient (Wildman–Crippen LogP) is 6.65. The van der Waals surface area contributed by atoms with E-state index in [1.54, 1.807) is 44.3 Å². The van der Waals surface area contributed by atoms with Gasteiger partial charge in [-0.25, -0.2) is 4.79 Å². The van der Waals surface area contributed by atoms with Crippen LogP contribution in [0, 0.1) is 0 Å². The van der Waals surface area contributed by atoms with Gasteiger partial charge in [-0.05, 0) is 74.1 Å². The van der Waals surface area contributed by atoms with Gasteiger partial charge in [-0.3, -0.25) is 4.79 Å². The zero-order valence-corrected chi connectivity index (χ0v) is 20.3. The quantitative estimate of drug-likeness (QED) is 0.337. The molecule has 2 aromatic carbocycles. The third kappa shape index (κ3) is 7.74. The molecule has 0 bridgehead atoms. The number of benzene rings is 2. The molecule has 3 rings (SSSR count). The van der Waals surface area contributed by atoms with Crippen LogP contribution in [-0.4, -0.2) is 23.8 Å². The van der Waals surface area contributed by atoms with Gasteiger partial charge in [0.15, 0.2) is 6.04 Å². The molecule has 0 heterocycles. The van der Waals surface area contributed by atoms with E-state index in [-0.39, 0.29) is 6.04 Å². The number of hydrogen-bond acceptors (Lipinski definition) is 3. The van der Waals surface area contributed by atoms with E-state index < -0.39 is 47.1 Å². The van der Waals surface area contributed by atoms with E-state index in [2.05, 4.69) is 5.32 Å². The maximum atomic E-state index is 13.6. The Labute approximate surface area is 209 Å². The van der Waals surface area contributed by atoms with Crippen molar-refractivity contribution in [2.45, 2.75) is 63.7 Å². The Morgan fingerprint density at radius 1 is 1.03 bits per heavy atom. The lowest BCUT2D eigenvalue weighted by Crippen LogP contribution is -2.37. The van der Waals surface area contributed by atoms with Crippen molar-refractivity contribution in [1.29, 1.82) is 0 Å². The average Bonchev–Trinajstić information content (AvgIpc) is 3.15. The van der Waals surface area contributed by atoms with Gasteiger partial charge in [-0.1, -0.05) is 30.3 Å². The van der Waals surface area contributed by atoms with Crippen LogP contribution in [0.25, 0.3) is 6.08 Å². The number of carbonyl (C=O) groups is 2. The number of carbonyl (C=O) groups excluding carboxylic acids is 2. The molecule has 2 atom stereocenters. The number of nitrogens with one attached hydrogen (secondary N) is 2. The fourth-order valence-corrected chi connectivity index (χ4v) is 3.95. The molecule has 2 aromatic rings. The minimum Gasteiger partial charge on any atom is -0.444 e. The molecule has 0 fully saturated rings. The molecule has 5 nitrogen and oxygen atoms in total. The molecule has 0 aliphatic heterocycles. The molecule has 1 aliphatic carbocycles. The second-order valence-electron chi connectivity index (χ2n) is 9.64. The van der Waals surface area contributed by atoms with Crippen molar-refractivity contribution < 1.29 is 40.7 Å². The van der Waals surface area contributed by atoms with E-state index in [0.717, 1.165) is 29.3 Å². The van der Waals surface area contributed by atoms with Gasteiger partial charge < -0.3 is 15.4 Å². The number of amides is 2. The number of alkyl halides is 6. The van der Waals surface area contributed by atoms with E-state index in [1.807, 2.05) is 0 Å². The van der Waals surface area contributed by atoms with Crippen LogP contribution in [0.4, 0.5) is 31.1 Å². The summed E-state index contributed by atoms with van der Waals surface area (Å²) in [5.41, 5.74) is -0.316. The Morgan fingerprint density at radius 3 is 2.35 bits per heavy atom. The number of hydrogen-bond donors (Lipinski definition) is 2. The van der Waals surface area contributed by atoms with Crippen molar-refractivity contribution in [3.05, 3.63) is 76.4 Å². The fraction of sp³-hybridized carbons (Fsp3) is 0.385. The standard InChI is InChI=1S/C26H26F6N2O3/c1-24(2,3)37-23(36)33-20-11-9-16-13-15(7-10-19(16)20)8-12-21(35)34-22(26(30,31)32)17-5-4-6-18(14-17)25(27,28)29/h4-8,10,12-14,20,22H,9,11H2,1-3H3,(H,33,36)(H,34,35). The molecule has 2 amide bonds. The van der Waals surface area contributed by atoms with E-state index in [4.69, 9.17) is 4.74 Å². The first kappa shape index (κ1) is 28.1. The lowest BCUT2D eigenvalue weighted by molar-refractivity contribution is -0.162. The van der Waals surface area contributed by atoms with Crippen LogP contribution < -0.4 is 10.6 Å². The van der Waals surface area contributed by atoms with Gasteiger partial charge in [0.05, 0.1) is 11.6 Å². The Hall–Kier alpha value is -3.50. The van der Waals surface area contributed by atoms with Gasteiger partial charge in [0.2, 0.25) is 5.91 Å². The summed E-state index contributed by atoms with van der Waals surface area (Å²) in [6.07, 6.45) is -6.93. The van der Waals surface area contributed by atoms with Gasteiger partial charge in [0.25, 0.3) is 0 Å². The van der Waals surface area contributed by atoms with Crippen LogP contribution in [0.15, 0.2) is 48.5 Å². The second kappa shape index (κ2) is 10.5. The zero-order valence-electron chi connectivity index (χ0n) is 20.3. The van der Waals surface area contributed by atoms with Crippen molar-refractivity contribution in [3.63, 3.8) is 0 Å². The summed E-state index contributed by atoms with van der Waals surface area (Å²) in [4.78, 5) is 24.3. The fourth-order valence-electron chi connectivity index (χ4n) is 3.95. The van der Waals surface area contributed by atoms with Gasteiger partial charge >= 0.3 is 18.4 Å². The molecule has 1 aliphatic rings. The summed E-state index contributed by atoms with van der Waals surface area (Å²) in [7, 11) is 0. The first-order chi connectivity index (χ1) is 17.0. The molecule has 37 heavy (non-hydrogen) atoms. The molecule has 0 saturated carbocycles. The minimum absolute atomic E-state index is 0.258. The Kier molecular flexibility index (Phi) is 7.94. The SMILES string of the molecule is CC(C)(C)OC(=O)NC1CCc2cc(C=CC(=O)NC(c3cccc(C(F)(F)F)c3)C(F)(F)F)ccc21. The summed E-state index contributed by atoms with van der Waals surface area (Å²) >= 11 is 0. The van der Waals surface area contributed by atoms with Crippen molar-refractivity contribution in [2.24, 2.45) is 0 Å². The monoisotopic (exact) mass is 528 g/mol. The van der Waals surface area contributed by atoms with Crippen LogP contribution in [0.1, 0.15) is 67.1 Å². The highest BCUT2D eigenvalue weighted by Gasteiger charge is 2.42. The topological polar surface area (TPSA) is 67.4 Å². The molecule has 0 spiro atoms. The lowest BCUT2D eigenvalue weighted by Gasteiger charge is -2.22. The maximum Gasteiger partial charge on any atom is 0.416 e. The van der Waals surface area contributed by atoms with Crippen LogP contribution in [0.2, 0.25) is 0 Å². The van der Waals surface area contributed by atoms with Crippen LogP contribution >= 0.6 is 0 Å². The Bertz CT molecular complexity index is 1180. The first-order valence-corrected chi connectivity index (χ1v) is 11.4. The minimum atomic E-state index is -5.02. The van der Waals surface area contributed by atoms with Crippen molar-refractivity contribution in [1.82, 2.24) is 10.6 Å².